The van der Waals surface area contributed by atoms with E-state index in [1.54, 1.807) is 0 Å². The van der Waals surface area contributed by atoms with E-state index in [1.165, 1.54) is 24.3 Å². The number of rotatable bonds is 7. The van der Waals surface area contributed by atoms with E-state index < -0.39 is 22.5 Å². The van der Waals surface area contributed by atoms with E-state index in [0.717, 1.165) is 25.0 Å². The maximum Gasteiger partial charge on any atom is 0.274 e. The highest BCUT2D eigenvalue weighted by Crippen LogP contribution is 2.32. The smallest absolute Gasteiger partial charge is 0.274 e. The van der Waals surface area contributed by atoms with Crippen LogP contribution in [0.1, 0.15) is 34.3 Å². The van der Waals surface area contributed by atoms with Gasteiger partial charge < -0.3 is 5.73 Å². The van der Waals surface area contributed by atoms with E-state index in [2.05, 4.69) is 0 Å². The second-order valence-electron chi connectivity index (χ2n) is 6.34. The molecule has 0 aliphatic heterocycles. The summed E-state index contributed by atoms with van der Waals surface area (Å²) in [6.45, 7) is 0.433. The molecule has 1 aliphatic rings. The Morgan fingerprint density at radius 3 is 2.38 bits per heavy atom. The van der Waals surface area contributed by atoms with E-state index in [0.29, 0.717) is 11.1 Å². The molecule has 1 aliphatic carbocycles. The van der Waals surface area contributed by atoms with Crippen LogP contribution in [0.2, 0.25) is 0 Å². The molecule has 8 heteroatoms. The number of hydrogen-bond donors (Lipinski definition) is 1. The molecule has 0 aromatic heterocycles. The molecular weight excluding hydrogens is 344 g/mol. The number of amides is 1. The zero-order chi connectivity index (χ0) is 18.8. The first-order valence-electron chi connectivity index (χ1n) is 8.10. The molecule has 2 N–H and O–H groups in total. The Balaban J connectivity index is 1.86. The van der Waals surface area contributed by atoms with Gasteiger partial charge in [0.25, 0.3) is 5.69 Å². The van der Waals surface area contributed by atoms with Crippen LogP contribution < -0.4 is 5.73 Å². The fourth-order valence-corrected chi connectivity index (χ4v) is 2.86. The van der Waals surface area contributed by atoms with Crippen molar-refractivity contribution < 1.29 is 18.5 Å². The van der Waals surface area contributed by atoms with Crippen molar-refractivity contribution in [2.24, 2.45) is 5.73 Å². The Bertz CT molecular complexity index is 869. The summed E-state index contributed by atoms with van der Waals surface area (Å²) < 4.78 is 27.0. The van der Waals surface area contributed by atoms with Gasteiger partial charge >= 0.3 is 0 Å². The summed E-state index contributed by atoms with van der Waals surface area (Å²) in [6, 6.07) is 7.67. The molecule has 0 atom stereocenters. The average molecular weight is 361 g/mol. The highest BCUT2D eigenvalue weighted by Gasteiger charge is 2.31. The molecule has 0 unspecified atom stereocenters. The molecule has 1 amide bonds. The first-order chi connectivity index (χ1) is 12.3. The lowest BCUT2D eigenvalue weighted by Crippen LogP contribution is -2.26. The van der Waals surface area contributed by atoms with Gasteiger partial charge in [0.1, 0.15) is 11.6 Å². The highest BCUT2D eigenvalue weighted by atomic mass is 19.1. The molecule has 0 bridgehead atoms. The zero-order valence-electron chi connectivity index (χ0n) is 13.8. The number of nitrogens with two attached hydrogens (primary N) is 1. The lowest BCUT2D eigenvalue weighted by Gasteiger charge is -2.22. The van der Waals surface area contributed by atoms with Crippen LogP contribution in [0.15, 0.2) is 36.4 Å². The number of hydrogen-bond acceptors (Lipinski definition) is 4. The van der Waals surface area contributed by atoms with Gasteiger partial charge in [-0.1, -0.05) is 12.1 Å². The first-order valence-corrected chi connectivity index (χ1v) is 8.10. The van der Waals surface area contributed by atoms with Crippen LogP contribution in [0.3, 0.4) is 0 Å². The van der Waals surface area contributed by atoms with Gasteiger partial charge in [0.2, 0.25) is 5.91 Å². The number of benzene rings is 2. The van der Waals surface area contributed by atoms with E-state index in [9.17, 15) is 23.7 Å². The van der Waals surface area contributed by atoms with Crippen molar-refractivity contribution >= 4 is 11.6 Å². The Morgan fingerprint density at radius 2 is 1.81 bits per heavy atom. The van der Waals surface area contributed by atoms with Crippen molar-refractivity contribution in [3.05, 3.63) is 74.8 Å². The minimum absolute atomic E-state index is 0.0583. The lowest BCUT2D eigenvalue weighted by atomic mass is 10.1. The molecule has 0 spiro atoms. The van der Waals surface area contributed by atoms with Crippen molar-refractivity contribution in [2.75, 3.05) is 0 Å². The highest BCUT2D eigenvalue weighted by molar-refractivity contribution is 5.93. The van der Waals surface area contributed by atoms with Gasteiger partial charge in [-0.3, -0.25) is 19.8 Å². The Kier molecular flexibility index (Phi) is 4.94. The van der Waals surface area contributed by atoms with Crippen molar-refractivity contribution in [3.8, 4) is 0 Å². The molecule has 2 aromatic carbocycles. The number of nitro benzene ring substituents is 1. The number of nitro groups is 1. The largest absolute Gasteiger partial charge is 0.366 e. The molecule has 26 heavy (non-hydrogen) atoms. The molecule has 3 rings (SSSR count). The van der Waals surface area contributed by atoms with Crippen LogP contribution in [0.4, 0.5) is 14.5 Å². The summed E-state index contributed by atoms with van der Waals surface area (Å²) in [5.41, 5.74) is 5.78. The molecule has 0 radical (unpaired) electrons. The van der Waals surface area contributed by atoms with Crippen molar-refractivity contribution in [2.45, 2.75) is 32.0 Å². The summed E-state index contributed by atoms with van der Waals surface area (Å²) in [6.07, 6.45) is 1.83. The first kappa shape index (κ1) is 17.9. The molecule has 0 saturated heterocycles. The monoisotopic (exact) mass is 361 g/mol. The van der Waals surface area contributed by atoms with Crippen molar-refractivity contribution in [1.29, 1.82) is 0 Å². The number of nitrogens with zero attached hydrogens (tertiary/aromatic N) is 2. The molecule has 6 nitrogen and oxygen atoms in total. The van der Waals surface area contributed by atoms with Gasteiger partial charge in [-0.05, 0) is 25.0 Å². The minimum atomic E-state index is -0.743. The molecule has 2 aromatic rings. The van der Waals surface area contributed by atoms with Gasteiger partial charge in [0.15, 0.2) is 0 Å². The molecule has 1 saturated carbocycles. The van der Waals surface area contributed by atoms with Crippen LogP contribution >= 0.6 is 0 Å². The van der Waals surface area contributed by atoms with Crippen LogP contribution in [0.5, 0.6) is 0 Å². The van der Waals surface area contributed by atoms with Crippen LogP contribution in [0, 0.1) is 21.7 Å². The predicted octanol–water partition coefficient (Wildman–Crippen LogP) is 3.14. The summed E-state index contributed by atoms with van der Waals surface area (Å²) in [7, 11) is 0. The van der Waals surface area contributed by atoms with E-state index in [4.69, 9.17) is 5.73 Å². The maximum atomic E-state index is 14.0. The van der Waals surface area contributed by atoms with E-state index in [-0.39, 0.29) is 30.4 Å². The van der Waals surface area contributed by atoms with Gasteiger partial charge in [-0.25, -0.2) is 8.78 Å². The second-order valence-corrected chi connectivity index (χ2v) is 6.34. The standard InChI is InChI=1S/C18H17F2N3O3/c19-14-4-3-12(16(20)8-14)9-22(15-5-6-15)10-13-2-1-11(18(21)24)7-17(13)23(25)26/h1-4,7-8,15H,5-6,9-10H2,(H2,21,24). The summed E-state index contributed by atoms with van der Waals surface area (Å²) in [4.78, 5) is 24.0. The Morgan fingerprint density at radius 1 is 1.15 bits per heavy atom. The number of carbonyl (C=O) groups is 1. The molecule has 0 heterocycles. The molecule has 136 valence electrons. The normalized spacial score (nSPS) is 13.8. The van der Waals surface area contributed by atoms with Gasteiger partial charge in [-0.2, -0.15) is 0 Å². The minimum Gasteiger partial charge on any atom is -0.366 e. The fraction of sp³-hybridized carbons (Fsp3) is 0.278. The third-order valence-electron chi connectivity index (χ3n) is 4.39. The van der Waals surface area contributed by atoms with Crippen molar-refractivity contribution in [1.82, 2.24) is 4.90 Å². The van der Waals surface area contributed by atoms with E-state index >= 15 is 0 Å². The third-order valence-corrected chi connectivity index (χ3v) is 4.39. The lowest BCUT2D eigenvalue weighted by molar-refractivity contribution is -0.385. The number of halogens is 2. The van der Waals surface area contributed by atoms with Gasteiger partial charge in [0.05, 0.1) is 4.92 Å². The molecular formula is C18H17F2N3O3. The van der Waals surface area contributed by atoms with Crippen LogP contribution in [0.25, 0.3) is 0 Å². The topological polar surface area (TPSA) is 89.5 Å². The third kappa shape index (κ3) is 4.02. The summed E-state index contributed by atoms with van der Waals surface area (Å²) >= 11 is 0. The van der Waals surface area contributed by atoms with Crippen molar-refractivity contribution in [3.63, 3.8) is 0 Å². The number of primary amides is 1. The second kappa shape index (κ2) is 7.17. The van der Waals surface area contributed by atoms with Gasteiger partial charge in [-0.15, -0.1) is 0 Å². The van der Waals surface area contributed by atoms with Crippen LogP contribution in [-0.4, -0.2) is 21.8 Å². The van der Waals surface area contributed by atoms with Crippen LogP contribution in [-0.2, 0) is 13.1 Å². The Hall–Kier alpha value is -2.87. The SMILES string of the molecule is NC(=O)c1ccc(CN(Cc2ccc(F)cc2F)C2CC2)c([N+](=O)[O-])c1. The van der Waals surface area contributed by atoms with Gasteiger partial charge in [0, 0.05) is 48.0 Å². The fourth-order valence-electron chi connectivity index (χ4n) is 2.86. The van der Waals surface area contributed by atoms with E-state index in [1.807, 2.05) is 4.90 Å². The summed E-state index contributed by atoms with van der Waals surface area (Å²) in [5, 5.41) is 11.3. The average Bonchev–Trinajstić information content (AvgIpc) is 3.41. The zero-order valence-corrected chi connectivity index (χ0v) is 13.8. The molecule has 1 fully saturated rings. The maximum absolute atomic E-state index is 14.0. The number of carbonyl (C=O) groups excluding carboxylic acids is 1. The quantitative estimate of drug-likeness (QED) is 0.606. The summed E-state index contributed by atoms with van der Waals surface area (Å²) in [5.74, 6) is -2.04. The Labute approximate surface area is 148 Å². The predicted molar refractivity (Wildman–Crippen MR) is 90.2 cm³/mol.